The Balaban J connectivity index is 1.24. The van der Waals surface area contributed by atoms with Gasteiger partial charge in [-0.1, -0.05) is 42.1 Å². The zero-order valence-electron chi connectivity index (χ0n) is 24.3. The van der Waals surface area contributed by atoms with Crippen LogP contribution in [-0.2, 0) is 0 Å². The number of fused-ring (bicyclic) bond motifs is 2. The zero-order chi connectivity index (χ0) is 31.8. The topological polar surface area (TPSA) is 127 Å². The van der Waals surface area contributed by atoms with Crippen LogP contribution in [0.1, 0.15) is 31.7 Å². The van der Waals surface area contributed by atoms with Crippen LogP contribution in [0.4, 0.5) is 0 Å². The lowest BCUT2D eigenvalue weighted by Gasteiger charge is -2.36. The third kappa shape index (κ3) is 5.12. The summed E-state index contributed by atoms with van der Waals surface area (Å²) >= 11 is 1.39. The second kappa shape index (κ2) is 11.9. The van der Waals surface area contributed by atoms with Crippen molar-refractivity contribution in [3.05, 3.63) is 143 Å². The van der Waals surface area contributed by atoms with E-state index in [4.69, 9.17) is 9.72 Å². The van der Waals surface area contributed by atoms with E-state index in [1.165, 1.54) is 34.5 Å². The van der Waals surface area contributed by atoms with Crippen molar-refractivity contribution in [1.82, 2.24) is 25.0 Å². The molecule has 0 saturated heterocycles. The third-order valence-electron chi connectivity index (χ3n) is 7.62. The molecule has 2 N–H and O–H groups in total. The second-order valence-electron chi connectivity index (χ2n) is 10.4. The second-order valence-corrected chi connectivity index (χ2v) is 11.5. The molecule has 4 aromatic carbocycles. The van der Waals surface area contributed by atoms with Crippen molar-refractivity contribution in [1.29, 1.82) is 0 Å². The lowest BCUT2D eigenvalue weighted by atomic mass is 10.1. The number of amides is 2. The van der Waals surface area contributed by atoms with Crippen molar-refractivity contribution in [2.75, 3.05) is 7.11 Å². The predicted octanol–water partition coefficient (Wildman–Crippen LogP) is 5.75. The molecule has 1 atom stereocenters. The fourth-order valence-electron chi connectivity index (χ4n) is 5.33. The van der Waals surface area contributed by atoms with E-state index >= 15 is 0 Å². The van der Waals surface area contributed by atoms with Gasteiger partial charge in [0.2, 0.25) is 0 Å². The summed E-state index contributed by atoms with van der Waals surface area (Å²) in [5.74, 6) is -0.260. The molecule has 1 aliphatic heterocycles. The van der Waals surface area contributed by atoms with Crippen molar-refractivity contribution in [3.8, 4) is 28.6 Å². The SMILES string of the molecule is COc1cc(C2Sc3ccccc3C(=O)N2NC(=O)c2ccc(-n3c(-c4ccncc4)nc4ccccc4c3=O)cc2)ccc1O. The van der Waals surface area contributed by atoms with Crippen molar-refractivity contribution >= 4 is 34.5 Å². The van der Waals surface area contributed by atoms with Gasteiger partial charge in [0.05, 0.1) is 29.3 Å². The van der Waals surface area contributed by atoms with Crippen molar-refractivity contribution in [2.45, 2.75) is 10.3 Å². The Kier molecular flexibility index (Phi) is 7.43. The first-order valence-corrected chi connectivity index (χ1v) is 15.1. The molecule has 0 saturated carbocycles. The highest BCUT2D eigenvalue weighted by Crippen LogP contribution is 2.45. The van der Waals surface area contributed by atoms with Crippen molar-refractivity contribution in [3.63, 3.8) is 0 Å². The Morgan fingerprint density at radius 2 is 1.65 bits per heavy atom. The van der Waals surface area contributed by atoms with E-state index in [1.807, 2.05) is 18.2 Å². The molecule has 226 valence electrons. The molecule has 0 fully saturated rings. The fourth-order valence-corrected chi connectivity index (χ4v) is 6.55. The fraction of sp³-hybridized carbons (Fsp3) is 0.0571. The maximum atomic E-state index is 13.7. The first kappa shape index (κ1) is 28.8. The molecule has 2 aromatic heterocycles. The number of para-hydroxylation sites is 1. The van der Waals surface area contributed by atoms with Gasteiger partial charge in [-0.05, 0) is 78.4 Å². The van der Waals surface area contributed by atoms with E-state index in [2.05, 4.69) is 10.4 Å². The van der Waals surface area contributed by atoms with Crippen LogP contribution in [0.5, 0.6) is 11.5 Å². The van der Waals surface area contributed by atoms with Gasteiger partial charge < -0.3 is 9.84 Å². The number of carbonyl (C=O) groups is 2. The lowest BCUT2D eigenvalue weighted by Crippen LogP contribution is -2.49. The van der Waals surface area contributed by atoms with E-state index in [-0.39, 0.29) is 28.5 Å². The summed E-state index contributed by atoms with van der Waals surface area (Å²) in [7, 11) is 1.44. The number of methoxy groups -OCH3 is 1. The highest BCUT2D eigenvalue weighted by molar-refractivity contribution is 7.99. The minimum absolute atomic E-state index is 0.0396. The van der Waals surface area contributed by atoms with Crippen molar-refractivity contribution < 1.29 is 19.4 Å². The smallest absolute Gasteiger partial charge is 0.274 e. The van der Waals surface area contributed by atoms with Gasteiger partial charge >= 0.3 is 0 Å². The summed E-state index contributed by atoms with van der Waals surface area (Å²) in [6.07, 6.45) is 3.27. The number of nitrogens with zero attached hydrogens (tertiary/aromatic N) is 4. The number of hydrogen-bond donors (Lipinski definition) is 2. The Hall–Kier alpha value is -5.94. The number of rotatable bonds is 6. The Morgan fingerprint density at radius 3 is 2.43 bits per heavy atom. The molecule has 0 bridgehead atoms. The minimum Gasteiger partial charge on any atom is -0.504 e. The quantitative estimate of drug-likeness (QED) is 0.239. The van der Waals surface area contributed by atoms with Gasteiger partial charge in [0.1, 0.15) is 11.2 Å². The zero-order valence-corrected chi connectivity index (χ0v) is 25.1. The summed E-state index contributed by atoms with van der Waals surface area (Å²) in [6, 6.07) is 29.2. The molecular formula is C35H25N5O5S. The van der Waals surface area contributed by atoms with Gasteiger partial charge in [0.15, 0.2) is 11.5 Å². The number of nitrogens with one attached hydrogen (secondary N) is 1. The number of pyridine rings is 1. The van der Waals surface area contributed by atoms with Gasteiger partial charge in [-0.3, -0.25) is 29.4 Å². The molecule has 1 aliphatic rings. The number of phenols is 1. The predicted molar refractivity (Wildman–Crippen MR) is 174 cm³/mol. The van der Waals surface area contributed by atoms with Gasteiger partial charge in [-0.25, -0.2) is 9.99 Å². The number of ether oxygens (including phenoxy) is 1. The van der Waals surface area contributed by atoms with Crippen LogP contribution in [0.15, 0.2) is 125 Å². The number of phenolic OH excluding ortho intramolecular Hbond substituents is 1. The summed E-state index contributed by atoms with van der Waals surface area (Å²) in [5, 5.41) is 11.2. The molecule has 0 spiro atoms. The highest BCUT2D eigenvalue weighted by Gasteiger charge is 2.36. The molecular weight excluding hydrogens is 602 g/mol. The number of benzene rings is 4. The average molecular weight is 628 g/mol. The summed E-state index contributed by atoms with van der Waals surface area (Å²) < 4.78 is 6.80. The number of hydrazine groups is 1. The lowest BCUT2D eigenvalue weighted by molar-refractivity contribution is 0.0547. The summed E-state index contributed by atoms with van der Waals surface area (Å²) in [6.45, 7) is 0. The van der Waals surface area contributed by atoms with E-state index in [9.17, 15) is 19.5 Å². The van der Waals surface area contributed by atoms with Gasteiger partial charge in [0, 0.05) is 28.4 Å². The van der Waals surface area contributed by atoms with E-state index in [1.54, 1.807) is 91.3 Å². The molecule has 6 aromatic rings. The Bertz CT molecular complexity index is 2190. The maximum Gasteiger partial charge on any atom is 0.274 e. The largest absolute Gasteiger partial charge is 0.504 e. The molecule has 0 aliphatic carbocycles. The minimum atomic E-state index is -0.648. The summed E-state index contributed by atoms with van der Waals surface area (Å²) in [5.41, 5.74) is 5.70. The van der Waals surface area contributed by atoms with Gasteiger partial charge in [0.25, 0.3) is 17.4 Å². The van der Waals surface area contributed by atoms with Crippen molar-refractivity contribution in [2.24, 2.45) is 0 Å². The monoisotopic (exact) mass is 627 g/mol. The van der Waals surface area contributed by atoms with Crippen LogP contribution >= 0.6 is 11.8 Å². The molecule has 10 nitrogen and oxygen atoms in total. The molecule has 7 rings (SSSR count). The average Bonchev–Trinajstić information content (AvgIpc) is 3.10. The molecule has 0 radical (unpaired) electrons. The molecule has 1 unspecified atom stereocenters. The van der Waals surface area contributed by atoms with E-state index in [0.29, 0.717) is 39.1 Å². The number of thioether (sulfide) groups is 1. The molecule has 2 amide bonds. The van der Waals surface area contributed by atoms with E-state index < -0.39 is 11.3 Å². The van der Waals surface area contributed by atoms with Crippen LogP contribution < -0.4 is 15.7 Å². The Labute approximate surface area is 266 Å². The summed E-state index contributed by atoms with van der Waals surface area (Å²) in [4.78, 5) is 50.7. The highest BCUT2D eigenvalue weighted by atomic mass is 32.2. The number of hydrogen-bond acceptors (Lipinski definition) is 8. The first-order chi connectivity index (χ1) is 22.4. The normalized spacial score (nSPS) is 14.2. The molecule has 3 heterocycles. The Morgan fingerprint density at radius 1 is 0.913 bits per heavy atom. The third-order valence-corrected chi connectivity index (χ3v) is 8.94. The molecule has 11 heteroatoms. The first-order valence-electron chi connectivity index (χ1n) is 14.2. The standard InChI is InChI=1S/C35H25N5O5S/c1-45-29-20-23(12-15-28(29)41)35-40(34(44)26-7-3-5-9-30(26)46-35)38-32(42)22-10-13-24(14-11-22)39-31(21-16-18-36-19-17-21)37-27-8-4-2-6-25(27)33(39)43/h2-20,35,41H,1H3,(H,38,42). The number of aromatic nitrogens is 3. The van der Waals surface area contributed by atoms with Crippen LogP contribution in [0.3, 0.4) is 0 Å². The van der Waals surface area contributed by atoms with E-state index in [0.717, 1.165) is 4.90 Å². The molecule has 46 heavy (non-hydrogen) atoms. The number of carbonyl (C=O) groups excluding carboxylic acids is 2. The van der Waals surface area contributed by atoms with Crippen LogP contribution in [0, 0.1) is 0 Å². The maximum absolute atomic E-state index is 13.7. The van der Waals surface area contributed by atoms with Crippen LogP contribution in [0.25, 0.3) is 28.0 Å². The van der Waals surface area contributed by atoms with Crippen LogP contribution in [-0.4, -0.2) is 43.6 Å². The van der Waals surface area contributed by atoms with Crippen LogP contribution in [0.2, 0.25) is 0 Å². The van der Waals surface area contributed by atoms with Gasteiger partial charge in [-0.15, -0.1) is 0 Å². The van der Waals surface area contributed by atoms with Gasteiger partial charge in [-0.2, -0.15) is 0 Å². The number of aromatic hydroxyl groups is 1.